The average Bonchev–Trinajstić information content (AvgIpc) is 2.83. The van der Waals surface area contributed by atoms with Gasteiger partial charge in [0, 0.05) is 27.6 Å². The van der Waals surface area contributed by atoms with Crippen molar-refractivity contribution in [2.45, 2.75) is 51.3 Å². The lowest BCUT2D eigenvalue weighted by molar-refractivity contribution is 0.496. The second kappa shape index (κ2) is 7.45. The molecule has 1 N–H and O–H groups in total. The van der Waals surface area contributed by atoms with Crippen molar-refractivity contribution < 1.29 is 0 Å². The molecule has 3 heteroatoms. The third-order valence-corrected chi connectivity index (χ3v) is 6.35. The Morgan fingerprint density at radius 2 is 1.82 bits per heavy atom. The van der Waals surface area contributed by atoms with Gasteiger partial charge in [0.1, 0.15) is 0 Å². The molecule has 0 fully saturated rings. The van der Waals surface area contributed by atoms with Crippen LogP contribution in [-0.4, -0.2) is 17.5 Å². The van der Waals surface area contributed by atoms with Gasteiger partial charge in [-0.25, -0.2) is 0 Å². The maximum atomic E-state index is 3.62. The largest absolute Gasteiger partial charge is 0.310 e. The molecular weight excluding hydrogens is 246 g/mol. The third-order valence-electron chi connectivity index (χ3n) is 3.53. The molecule has 1 aromatic heterocycles. The van der Waals surface area contributed by atoms with E-state index in [1.807, 2.05) is 23.1 Å². The summed E-state index contributed by atoms with van der Waals surface area (Å²) in [5, 5.41) is 3.62. The van der Waals surface area contributed by atoms with Gasteiger partial charge in [-0.1, -0.05) is 20.8 Å². The molecule has 0 saturated carbocycles. The molecule has 1 nitrogen and oxygen atoms in total. The zero-order valence-electron chi connectivity index (χ0n) is 11.5. The second-order valence-electron chi connectivity index (χ2n) is 4.42. The first-order valence-electron chi connectivity index (χ1n) is 6.53. The van der Waals surface area contributed by atoms with Crippen LogP contribution < -0.4 is 5.32 Å². The van der Waals surface area contributed by atoms with E-state index in [-0.39, 0.29) is 0 Å². The summed E-state index contributed by atoms with van der Waals surface area (Å²) in [5.74, 6) is 0. The molecule has 0 aliphatic heterocycles. The van der Waals surface area contributed by atoms with Crippen LogP contribution in [0.3, 0.4) is 0 Å². The van der Waals surface area contributed by atoms with Crippen LogP contribution in [0.1, 0.15) is 43.4 Å². The predicted molar refractivity (Wildman–Crippen MR) is 82.2 cm³/mol. The number of thiophene rings is 1. The minimum atomic E-state index is 0.421. The SMILES string of the molecule is CCc1ccc(CNCC(CC)(CC)SC)s1. The highest BCUT2D eigenvalue weighted by molar-refractivity contribution is 8.00. The van der Waals surface area contributed by atoms with E-state index >= 15 is 0 Å². The molecule has 0 aromatic carbocycles. The van der Waals surface area contributed by atoms with Gasteiger partial charge in [-0.15, -0.1) is 11.3 Å². The van der Waals surface area contributed by atoms with Crippen molar-refractivity contribution in [3.8, 4) is 0 Å². The molecule has 17 heavy (non-hydrogen) atoms. The Labute approximate surface area is 114 Å². The van der Waals surface area contributed by atoms with Gasteiger partial charge < -0.3 is 5.32 Å². The predicted octanol–water partition coefficient (Wildman–Crippen LogP) is 4.32. The van der Waals surface area contributed by atoms with E-state index in [4.69, 9.17) is 0 Å². The van der Waals surface area contributed by atoms with Gasteiger partial charge in [-0.3, -0.25) is 0 Å². The maximum Gasteiger partial charge on any atom is 0.0300 e. The summed E-state index contributed by atoms with van der Waals surface area (Å²) in [6.45, 7) is 8.94. The molecule has 0 saturated heterocycles. The van der Waals surface area contributed by atoms with Crippen molar-refractivity contribution in [2.24, 2.45) is 0 Å². The molecular formula is C14H25NS2. The summed E-state index contributed by atoms with van der Waals surface area (Å²) in [6, 6.07) is 4.51. The van der Waals surface area contributed by atoms with Crippen LogP contribution in [0.25, 0.3) is 0 Å². The Morgan fingerprint density at radius 1 is 1.18 bits per heavy atom. The zero-order valence-corrected chi connectivity index (χ0v) is 13.1. The summed E-state index contributed by atoms with van der Waals surface area (Å²) < 4.78 is 0.421. The molecule has 98 valence electrons. The monoisotopic (exact) mass is 271 g/mol. The first kappa shape index (κ1) is 15.1. The number of nitrogens with one attached hydrogen (secondary N) is 1. The molecule has 0 radical (unpaired) electrons. The van der Waals surface area contributed by atoms with Gasteiger partial charge in [-0.2, -0.15) is 11.8 Å². The lowest BCUT2D eigenvalue weighted by Gasteiger charge is -2.29. The molecule has 1 rings (SSSR count). The number of hydrogen-bond donors (Lipinski definition) is 1. The summed E-state index contributed by atoms with van der Waals surface area (Å²) in [4.78, 5) is 2.95. The lowest BCUT2D eigenvalue weighted by Crippen LogP contribution is -2.36. The van der Waals surface area contributed by atoms with Crippen LogP contribution in [-0.2, 0) is 13.0 Å². The molecule has 0 aliphatic rings. The van der Waals surface area contributed by atoms with Crippen LogP contribution in [0.15, 0.2) is 12.1 Å². The normalized spacial score (nSPS) is 12.0. The number of rotatable bonds is 8. The van der Waals surface area contributed by atoms with Gasteiger partial charge in [0.25, 0.3) is 0 Å². The van der Waals surface area contributed by atoms with Crippen LogP contribution in [0.2, 0.25) is 0 Å². The maximum absolute atomic E-state index is 3.62. The molecule has 0 atom stereocenters. The average molecular weight is 271 g/mol. The highest BCUT2D eigenvalue weighted by Crippen LogP contribution is 2.29. The van der Waals surface area contributed by atoms with E-state index in [1.165, 1.54) is 22.6 Å². The van der Waals surface area contributed by atoms with Crippen molar-refractivity contribution in [3.63, 3.8) is 0 Å². The fraction of sp³-hybridized carbons (Fsp3) is 0.714. The zero-order chi connectivity index (χ0) is 12.7. The van der Waals surface area contributed by atoms with Crippen LogP contribution >= 0.6 is 23.1 Å². The Bertz CT molecular complexity index is 308. The summed E-state index contributed by atoms with van der Waals surface area (Å²) >= 11 is 3.94. The van der Waals surface area contributed by atoms with Gasteiger partial charge in [0.15, 0.2) is 0 Å². The van der Waals surface area contributed by atoms with Crippen molar-refractivity contribution in [2.75, 3.05) is 12.8 Å². The van der Waals surface area contributed by atoms with E-state index in [2.05, 4.69) is 44.5 Å². The standard InChI is InChI=1S/C14H25NS2/c1-5-12-8-9-13(17-12)10-15-11-14(6-2,7-3)16-4/h8-9,15H,5-7,10-11H2,1-4H3. The van der Waals surface area contributed by atoms with Crippen molar-refractivity contribution in [3.05, 3.63) is 21.9 Å². The van der Waals surface area contributed by atoms with E-state index in [1.54, 1.807) is 0 Å². The highest BCUT2D eigenvalue weighted by atomic mass is 32.2. The molecule has 1 heterocycles. The van der Waals surface area contributed by atoms with E-state index in [0.29, 0.717) is 4.75 Å². The minimum Gasteiger partial charge on any atom is -0.310 e. The quantitative estimate of drug-likeness (QED) is 0.755. The molecule has 1 aromatic rings. The number of aryl methyl sites for hydroxylation is 1. The minimum absolute atomic E-state index is 0.421. The first-order chi connectivity index (χ1) is 8.19. The molecule has 0 bridgehead atoms. The Hall–Kier alpha value is 0.01000. The van der Waals surface area contributed by atoms with Crippen molar-refractivity contribution in [1.82, 2.24) is 5.32 Å². The molecule has 0 amide bonds. The van der Waals surface area contributed by atoms with Gasteiger partial charge in [-0.05, 0) is 37.7 Å². The topological polar surface area (TPSA) is 12.0 Å². The number of hydrogen-bond acceptors (Lipinski definition) is 3. The van der Waals surface area contributed by atoms with Crippen LogP contribution in [0.4, 0.5) is 0 Å². The third kappa shape index (κ3) is 4.31. The number of thioether (sulfide) groups is 1. The smallest absolute Gasteiger partial charge is 0.0300 e. The van der Waals surface area contributed by atoms with Crippen LogP contribution in [0, 0.1) is 0 Å². The molecule has 0 spiro atoms. The summed E-state index contributed by atoms with van der Waals surface area (Å²) in [6.07, 6.45) is 5.86. The van der Waals surface area contributed by atoms with Crippen molar-refractivity contribution >= 4 is 23.1 Å². The lowest BCUT2D eigenvalue weighted by atomic mass is 10.0. The van der Waals surface area contributed by atoms with Gasteiger partial charge in [0.05, 0.1) is 0 Å². The van der Waals surface area contributed by atoms with Gasteiger partial charge in [0.2, 0.25) is 0 Å². The van der Waals surface area contributed by atoms with E-state index < -0.39 is 0 Å². The van der Waals surface area contributed by atoms with Gasteiger partial charge >= 0.3 is 0 Å². The van der Waals surface area contributed by atoms with Crippen molar-refractivity contribution in [1.29, 1.82) is 0 Å². The first-order valence-corrected chi connectivity index (χ1v) is 8.57. The highest BCUT2D eigenvalue weighted by Gasteiger charge is 2.23. The van der Waals surface area contributed by atoms with Crippen LogP contribution in [0.5, 0.6) is 0 Å². The molecule has 0 unspecified atom stereocenters. The Balaban J connectivity index is 2.40. The summed E-state index contributed by atoms with van der Waals surface area (Å²) in [7, 11) is 0. The second-order valence-corrected chi connectivity index (χ2v) is 6.95. The van der Waals surface area contributed by atoms with E-state index in [9.17, 15) is 0 Å². The fourth-order valence-electron chi connectivity index (χ4n) is 1.98. The molecule has 0 aliphatic carbocycles. The fourth-order valence-corrected chi connectivity index (χ4v) is 3.73. The summed E-state index contributed by atoms with van der Waals surface area (Å²) in [5.41, 5.74) is 0. The Kier molecular flexibility index (Phi) is 6.60. The van der Waals surface area contributed by atoms with E-state index in [0.717, 1.165) is 19.5 Å². The Morgan fingerprint density at radius 3 is 2.29 bits per heavy atom.